The maximum absolute atomic E-state index is 12.4. The first-order chi connectivity index (χ1) is 15.6. The number of carboxylic acids is 2. The summed E-state index contributed by atoms with van der Waals surface area (Å²) in [5, 5.41) is 26.6. The number of fused-ring (bicyclic) bond motifs is 1. The fourth-order valence-electron chi connectivity index (χ4n) is 3.65. The van der Waals surface area contributed by atoms with Crippen LogP contribution in [0.25, 0.3) is 0 Å². The first-order valence-electron chi connectivity index (χ1n) is 10.4. The quantitative estimate of drug-likeness (QED) is 0.218. The van der Waals surface area contributed by atoms with Gasteiger partial charge in [0.25, 0.3) is 5.91 Å². The van der Waals surface area contributed by atoms with Gasteiger partial charge in [0.1, 0.15) is 24.1 Å². The summed E-state index contributed by atoms with van der Waals surface area (Å²) in [6.07, 6.45) is -1.09. The van der Waals surface area contributed by atoms with Crippen LogP contribution in [-0.2, 0) is 9.59 Å². The Morgan fingerprint density at radius 1 is 1.27 bits per heavy atom. The fourth-order valence-corrected chi connectivity index (χ4v) is 3.65. The number of hydrogen-bond acceptors (Lipinski definition) is 10. The summed E-state index contributed by atoms with van der Waals surface area (Å²) in [5.41, 5.74) is 12.8. The van der Waals surface area contributed by atoms with Crippen molar-refractivity contribution in [2.45, 2.75) is 37.1 Å². The number of carboxylic acid groups (broad SMARTS) is 2. The van der Waals surface area contributed by atoms with Gasteiger partial charge in [-0.25, -0.2) is 9.79 Å². The molecule has 0 aliphatic carbocycles. The molecule has 0 radical (unpaired) electrons. The summed E-state index contributed by atoms with van der Waals surface area (Å²) in [7, 11) is 1.90. The highest BCUT2D eigenvalue weighted by atomic mass is 16.4. The second kappa shape index (κ2) is 10.3. The average molecular weight is 460 g/mol. The smallest absolute Gasteiger partial charge is 0.326 e. The minimum absolute atomic E-state index is 0.0136. The number of likely N-dealkylation sites (N-methyl/N-ethyl adjacent to an activating group) is 1. The Morgan fingerprint density at radius 2 is 1.97 bits per heavy atom. The molecule has 1 aromatic carbocycles. The molecule has 0 saturated carbocycles. The zero-order chi connectivity index (χ0) is 24.1. The van der Waals surface area contributed by atoms with Gasteiger partial charge in [0.2, 0.25) is 0 Å². The van der Waals surface area contributed by atoms with Crippen LogP contribution in [0.15, 0.2) is 34.3 Å². The number of guanidine groups is 1. The first kappa shape index (κ1) is 23.9. The number of nitrogens with two attached hydrogens (primary N) is 2. The number of carbonyl (C=O) groups excluding carboxylic acids is 1. The number of carbonyl (C=O) groups is 3. The maximum atomic E-state index is 12.4. The SMILES string of the molecule is CN(CC1CN=C2NC(N)=NC(N)C2N1)c1ccc(C(=O)N[C@@H](CCC(=O)O)C(=O)O)cc1. The van der Waals surface area contributed by atoms with Crippen molar-refractivity contribution in [1.29, 1.82) is 0 Å². The molecule has 2 aliphatic rings. The molecule has 13 heteroatoms. The van der Waals surface area contributed by atoms with E-state index in [2.05, 4.69) is 25.9 Å². The lowest BCUT2D eigenvalue weighted by molar-refractivity contribution is -0.140. The van der Waals surface area contributed by atoms with E-state index in [4.69, 9.17) is 16.6 Å². The number of hydrogen-bond donors (Lipinski definition) is 7. The van der Waals surface area contributed by atoms with Crippen molar-refractivity contribution in [2.75, 3.05) is 25.0 Å². The highest BCUT2D eigenvalue weighted by molar-refractivity contribution is 6.04. The zero-order valence-electron chi connectivity index (χ0n) is 18.1. The van der Waals surface area contributed by atoms with Gasteiger partial charge in [-0.1, -0.05) is 0 Å². The fraction of sp³-hybridized carbons (Fsp3) is 0.450. The van der Waals surface area contributed by atoms with Crippen molar-refractivity contribution in [3.05, 3.63) is 29.8 Å². The van der Waals surface area contributed by atoms with Gasteiger partial charge in [0, 0.05) is 37.3 Å². The molecule has 33 heavy (non-hydrogen) atoms. The normalized spacial score (nSPS) is 22.7. The second-order valence-electron chi connectivity index (χ2n) is 7.92. The molecule has 3 unspecified atom stereocenters. The van der Waals surface area contributed by atoms with Crippen LogP contribution in [0.1, 0.15) is 23.2 Å². The molecule has 0 bridgehead atoms. The molecule has 0 aromatic heterocycles. The molecule has 3 rings (SSSR count). The summed E-state index contributed by atoms with van der Waals surface area (Å²) in [6, 6.07) is 5.15. The van der Waals surface area contributed by atoms with Gasteiger partial charge in [0.15, 0.2) is 5.96 Å². The van der Waals surface area contributed by atoms with Gasteiger partial charge >= 0.3 is 11.9 Å². The summed E-state index contributed by atoms with van der Waals surface area (Å²) in [5.74, 6) is -2.08. The third-order valence-corrected chi connectivity index (χ3v) is 5.39. The van der Waals surface area contributed by atoms with Crippen LogP contribution in [0.3, 0.4) is 0 Å². The molecule has 2 aliphatic heterocycles. The number of nitrogens with one attached hydrogen (secondary N) is 3. The molecule has 13 nitrogen and oxygen atoms in total. The number of amidine groups is 1. The van der Waals surface area contributed by atoms with Crippen molar-refractivity contribution in [2.24, 2.45) is 21.5 Å². The minimum Gasteiger partial charge on any atom is -0.481 e. The van der Waals surface area contributed by atoms with Crippen LogP contribution in [0.4, 0.5) is 5.69 Å². The van der Waals surface area contributed by atoms with E-state index in [1.807, 2.05) is 11.9 Å². The van der Waals surface area contributed by atoms with Crippen molar-refractivity contribution >= 4 is 35.3 Å². The molecule has 9 N–H and O–H groups in total. The van der Waals surface area contributed by atoms with Crippen LogP contribution < -0.4 is 32.3 Å². The predicted octanol–water partition coefficient (Wildman–Crippen LogP) is -1.89. The van der Waals surface area contributed by atoms with Gasteiger partial charge in [-0.15, -0.1) is 0 Å². The van der Waals surface area contributed by atoms with Crippen LogP contribution >= 0.6 is 0 Å². The van der Waals surface area contributed by atoms with E-state index in [9.17, 15) is 19.5 Å². The van der Waals surface area contributed by atoms with Crippen molar-refractivity contribution in [1.82, 2.24) is 16.0 Å². The largest absolute Gasteiger partial charge is 0.481 e. The van der Waals surface area contributed by atoms with Crippen LogP contribution in [0.2, 0.25) is 0 Å². The highest BCUT2D eigenvalue weighted by Crippen LogP contribution is 2.16. The standard InChI is InChI=1S/C20H28N8O5/c1-28(9-11-8-23-17-15(24-11)16(21)26-20(22)27-17)12-4-2-10(3-5-12)18(31)25-13(19(32)33)6-7-14(29)30/h2-5,11,13,15-16,24H,6-9,21H2,1H3,(H,25,31)(H,29,30)(H,32,33)(H3,22,23,26,27)/t11?,13-,15?,16?/m0/s1. The molecule has 0 fully saturated rings. The van der Waals surface area contributed by atoms with E-state index in [1.165, 1.54) is 0 Å². The summed E-state index contributed by atoms with van der Waals surface area (Å²) < 4.78 is 0. The number of rotatable bonds is 9. The average Bonchev–Trinajstić information content (AvgIpc) is 2.76. The third-order valence-electron chi connectivity index (χ3n) is 5.39. The van der Waals surface area contributed by atoms with Crippen LogP contribution in [0.5, 0.6) is 0 Å². The topological polar surface area (TPSA) is 208 Å². The van der Waals surface area contributed by atoms with Gasteiger partial charge < -0.3 is 37.2 Å². The Hall–Kier alpha value is -3.71. The van der Waals surface area contributed by atoms with Crippen molar-refractivity contribution in [3.8, 4) is 0 Å². The summed E-state index contributed by atoms with van der Waals surface area (Å²) in [4.78, 5) is 45.0. The third kappa shape index (κ3) is 6.17. The van der Waals surface area contributed by atoms with Crippen molar-refractivity contribution < 1.29 is 24.6 Å². The number of anilines is 1. The van der Waals surface area contributed by atoms with E-state index < -0.39 is 30.1 Å². The summed E-state index contributed by atoms with van der Waals surface area (Å²) >= 11 is 0. The van der Waals surface area contributed by atoms with Crippen LogP contribution in [0, 0.1) is 0 Å². The lowest BCUT2D eigenvalue weighted by Crippen LogP contribution is -2.66. The molecule has 2 heterocycles. The van der Waals surface area contributed by atoms with Gasteiger partial charge in [-0.05, 0) is 30.7 Å². The molecular weight excluding hydrogens is 432 g/mol. The van der Waals surface area contributed by atoms with Crippen LogP contribution in [-0.4, -0.2) is 84.3 Å². The van der Waals surface area contributed by atoms with E-state index in [1.54, 1.807) is 24.3 Å². The van der Waals surface area contributed by atoms with E-state index >= 15 is 0 Å². The molecule has 1 aromatic rings. The monoisotopic (exact) mass is 460 g/mol. The number of benzene rings is 1. The highest BCUT2D eigenvalue weighted by Gasteiger charge is 2.33. The summed E-state index contributed by atoms with van der Waals surface area (Å²) in [6.45, 7) is 1.14. The van der Waals surface area contributed by atoms with E-state index in [0.29, 0.717) is 18.9 Å². The van der Waals surface area contributed by atoms with E-state index in [-0.39, 0.29) is 36.4 Å². The maximum Gasteiger partial charge on any atom is 0.326 e. The number of amides is 1. The second-order valence-corrected chi connectivity index (χ2v) is 7.92. The number of nitrogens with zero attached hydrogens (tertiary/aromatic N) is 3. The lowest BCUT2D eigenvalue weighted by Gasteiger charge is -2.37. The van der Waals surface area contributed by atoms with Gasteiger partial charge in [-0.2, -0.15) is 0 Å². The Labute approximate surface area is 189 Å². The predicted molar refractivity (Wildman–Crippen MR) is 121 cm³/mol. The lowest BCUT2D eigenvalue weighted by atomic mass is 10.1. The van der Waals surface area contributed by atoms with Crippen molar-refractivity contribution in [3.63, 3.8) is 0 Å². The molecule has 178 valence electrons. The van der Waals surface area contributed by atoms with E-state index in [0.717, 1.165) is 5.69 Å². The Morgan fingerprint density at radius 3 is 2.61 bits per heavy atom. The number of aliphatic carboxylic acids is 2. The Balaban J connectivity index is 1.57. The molecule has 0 spiro atoms. The first-order valence-corrected chi connectivity index (χ1v) is 10.4. The Kier molecular flexibility index (Phi) is 7.45. The Bertz CT molecular complexity index is 964. The van der Waals surface area contributed by atoms with Gasteiger partial charge in [0.05, 0.1) is 6.54 Å². The zero-order valence-corrected chi connectivity index (χ0v) is 18.1. The molecule has 0 saturated heterocycles. The molecule has 1 amide bonds. The molecular formula is C20H28N8O5. The number of aliphatic imine (C=N–C) groups is 2. The minimum atomic E-state index is -1.28. The molecule has 4 atom stereocenters. The van der Waals surface area contributed by atoms with Gasteiger partial charge in [-0.3, -0.25) is 19.9 Å².